The molecule has 2 bridgehead atoms. The predicted molar refractivity (Wildman–Crippen MR) is 94.7 cm³/mol. The summed E-state index contributed by atoms with van der Waals surface area (Å²) in [4.78, 5) is 24.0. The number of hydrogen-bond donors (Lipinski definition) is 3. The van der Waals surface area contributed by atoms with E-state index in [-0.39, 0.29) is 24.5 Å². The van der Waals surface area contributed by atoms with Gasteiger partial charge in [0.25, 0.3) is 0 Å². The molecule has 25 heavy (non-hydrogen) atoms. The lowest BCUT2D eigenvalue weighted by Crippen LogP contribution is -2.47. The van der Waals surface area contributed by atoms with Crippen LogP contribution in [0.3, 0.4) is 0 Å². The number of hydrogen-bond acceptors (Lipinski definition) is 2. The van der Waals surface area contributed by atoms with Gasteiger partial charge < -0.3 is 16.0 Å². The Hall–Kier alpha value is -2.11. The van der Waals surface area contributed by atoms with E-state index in [1.54, 1.807) is 13.0 Å². The lowest BCUT2D eigenvalue weighted by Gasteiger charge is -2.28. The van der Waals surface area contributed by atoms with Crippen LogP contribution in [0.4, 0.5) is 14.9 Å². The van der Waals surface area contributed by atoms with Crippen LogP contribution in [-0.4, -0.2) is 24.5 Å². The molecule has 3 rings (SSSR count). The number of nitrogens with one attached hydrogen (secondary N) is 3. The van der Waals surface area contributed by atoms with Crippen LogP contribution in [0.5, 0.6) is 0 Å². The fourth-order valence-electron chi connectivity index (χ4n) is 4.35. The van der Waals surface area contributed by atoms with Gasteiger partial charge >= 0.3 is 6.03 Å². The molecule has 0 saturated heterocycles. The number of urea groups is 1. The number of halogens is 1. The second-order valence-corrected chi connectivity index (χ2v) is 7.46. The lowest BCUT2D eigenvalue weighted by molar-refractivity contribution is -0.115. The first-order valence-electron chi connectivity index (χ1n) is 9.02. The highest BCUT2D eigenvalue weighted by molar-refractivity contribution is 5.94. The highest BCUT2D eigenvalue weighted by Crippen LogP contribution is 2.49. The first-order valence-corrected chi connectivity index (χ1v) is 9.02. The molecule has 4 unspecified atom stereocenters. The molecule has 1 aromatic rings. The van der Waals surface area contributed by atoms with Gasteiger partial charge in [-0.2, -0.15) is 0 Å². The highest BCUT2D eigenvalue weighted by Gasteiger charge is 2.42. The Balaban J connectivity index is 1.42. The minimum absolute atomic E-state index is 0.115. The standard InChI is InChI=1S/C19H26FN3O2/c1-11-3-6-15(20)9-17(11)23-18(24)10-21-19(25)22-12(2)16-8-13-4-5-14(16)7-13/h3,6,9,12-14,16H,4-5,7-8,10H2,1-2H3,(H,23,24)(H2,21,22,25). The quantitative estimate of drug-likeness (QED) is 0.765. The van der Waals surface area contributed by atoms with Gasteiger partial charge in [0.15, 0.2) is 0 Å². The number of benzene rings is 1. The lowest BCUT2D eigenvalue weighted by atomic mass is 9.84. The summed E-state index contributed by atoms with van der Waals surface area (Å²) in [6.45, 7) is 3.68. The Morgan fingerprint density at radius 2 is 2.08 bits per heavy atom. The smallest absolute Gasteiger partial charge is 0.315 e. The van der Waals surface area contributed by atoms with Crippen LogP contribution >= 0.6 is 0 Å². The van der Waals surface area contributed by atoms with E-state index in [0.717, 1.165) is 17.4 Å². The van der Waals surface area contributed by atoms with E-state index in [2.05, 4.69) is 16.0 Å². The third-order valence-electron chi connectivity index (χ3n) is 5.68. The molecule has 2 aliphatic rings. The summed E-state index contributed by atoms with van der Waals surface area (Å²) in [6, 6.07) is 3.99. The number of carbonyl (C=O) groups excluding carboxylic acids is 2. The average molecular weight is 347 g/mol. The summed E-state index contributed by atoms with van der Waals surface area (Å²) in [5.41, 5.74) is 1.19. The number of fused-ring (bicyclic) bond motifs is 2. The molecule has 0 heterocycles. The zero-order chi connectivity index (χ0) is 18.0. The van der Waals surface area contributed by atoms with Crippen molar-refractivity contribution in [2.45, 2.75) is 45.6 Å². The summed E-state index contributed by atoms with van der Waals surface area (Å²) in [6.07, 6.45) is 5.11. The number of anilines is 1. The monoisotopic (exact) mass is 347 g/mol. The van der Waals surface area contributed by atoms with Gasteiger partial charge in [0.2, 0.25) is 5.91 Å². The van der Waals surface area contributed by atoms with E-state index in [4.69, 9.17) is 0 Å². The molecule has 136 valence electrons. The van der Waals surface area contributed by atoms with E-state index in [0.29, 0.717) is 11.6 Å². The topological polar surface area (TPSA) is 70.2 Å². The maximum atomic E-state index is 13.2. The van der Waals surface area contributed by atoms with Crippen molar-refractivity contribution in [2.24, 2.45) is 17.8 Å². The van der Waals surface area contributed by atoms with Crippen LogP contribution in [0.25, 0.3) is 0 Å². The van der Waals surface area contributed by atoms with Crippen molar-refractivity contribution >= 4 is 17.6 Å². The van der Waals surface area contributed by atoms with E-state index in [1.807, 2.05) is 6.92 Å². The fraction of sp³-hybridized carbons (Fsp3) is 0.579. The molecule has 2 aliphatic carbocycles. The van der Waals surface area contributed by atoms with E-state index < -0.39 is 5.82 Å². The molecule has 4 atom stereocenters. The van der Waals surface area contributed by atoms with Gasteiger partial charge in [-0.1, -0.05) is 12.5 Å². The van der Waals surface area contributed by atoms with E-state index in [9.17, 15) is 14.0 Å². The van der Waals surface area contributed by atoms with Crippen molar-refractivity contribution in [3.8, 4) is 0 Å². The maximum absolute atomic E-state index is 13.2. The summed E-state index contributed by atoms with van der Waals surface area (Å²) >= 11 is 0. The van der Waals surface area contributed by atoms with Crippen molar-refractivity contribution in [3.63, 3.8) is 0 Å². The molecule has 2 saturated carbocycles. The van der Waals surface area contributed by atoms with Gasteiger partial charge in [-0.15, -0.1) is 0 Å². The maximum Gasteiger partial charge on any atom is 0.315 e. The number of amides is 3. The zero-order valence-electron chi connectivity index (χ0n) is 14.8. The molecule has 3 amide bonds. The van der Waals surface area contributed by atoms with Crippen molar-refractivity contribution in [2.75, 3.05) is 11.9 Å². The summed E-state index contributed by atoms with van der Waals surface area (Å²) in [7, 11) is 0. The second-order valence-electron chi connectivity index (χ2n) is 7.46. The largest absolute Gasteiger partial charge is 0.335 e. The van der Waals surface area contributed by atoms with Crippen LogP contribution in [0.1, 0.15) is 38.2 Å². The Labute approximate surface area is 147 Å². The summed E-state index contributed by atoms with van der Waals surface area (Å²) in [5.74, 6) is 1.33. The Morgan fingerprint density at radius 1 is 1.28 bits per heavy atom. The minimum Gasteiger partial charge on any atom is -0.335 e. The molecule has 0 aromatic heterocycles. The Bertz CT molecular complexity index is 664. The van der Waals surface area contributed by atoms with Crippen LogP contribution in [0.15, 0.2) is 18.2 Å². The van der Waals surface area contributed by atoms with Crippen LogP contribution < -0.4 is 16.0 Å². The van der Waals surface area contributed by atoms with Gasteiger partial charge in [-0.3, -0.25) is 4.79 Å². The van der Waals surface area contributed by atoms with Crippen LogP contribution in [0.2, 0.25) is 0 Å². The Kier molecular flexibility index (Phi) is 5.25. The average Bonchev–Trinajstić information content (AvgIpc) is 3.19. The number of aryl methyl sites for hydroxylation is 1. The van der Waals surface area contributed by atoms with Gasteiger partial charge in [-0.25, -0.2) is 9.18 Å². The van der Waals surface area contributed by atoms with Crippen LogP contribution in [0, 0.1) is 30.5 Å². The van der Waals surface area contributed by atoms with Crippen molar-refractivity contribution in [3.05, 3.63) is 29.6 Å². The molecular formula is C19H26FN3O2. The zero-order valence-corrected chi connectivity index (χ0v) is 14.8. The molecule has 0 radical (unpaired) electrons. The fourth-order valence-corrected chi connectivity index (χ4v) is 4.35. The molecule has 0 aliphatic heterocycles. The molecule has 2 fully saturated rings. The molecule has 6 heteroatoms. The van der Waals surface area contributed by atoms with Gasteiger partial charge in [0.05, 0.1) is 6.54 Å². The Morgan fingerprint density at radius 3 is 2.76 bits per heavy atom. The van der Waals surface area contributed by atoms with Gasteiger partial charge in [-0.05, 0) is 68.6 Å². The van der Waals surface area contributed by atoms with Crippen LogP contribution in [-0.2, 0) is 4.79 Å². The molecule has 1 aromatic carbocycles. The first-order chi connectivity index (χ1) is 11.9. The van der Waals surface area contributed by atoms with Crippen molar-refractivity contribution < 1.29 is 14.0 Å². The van der Waals surface area contributed by atoms with Gasteiger partial charge in [0.1, 0.15) is 5.82 Å². The highest BCUT2D eigenvalue weighted by atomic mass is 19.1. The number of carbonyl (C=O) groups is 2. The van der Waals surface area contributed by atoms with Crippen molar-refractivity contribution in [1.82, 2.24) is 10.6 Å². The third-order valence-corrected chi connectivity index (χ3v) is 5.68. The first kappa shape index (κ1) is 17.7. The van der Waals surface area contributed by atoms with E-state index in [1.165, 1.54) is 37.8 Å². The minimum atomic E-state index is -0.411. The van der Waals surface area contributed by atoms with E-state index >= 15 is 0 Å². The summed E-state index contributed by atoms with van der Waals surface area (Å²) < 4.78 is 13.2. The molecular weight excluding hydrogens is 321 g/mol. The second kappa shape index (κ2) is 7.42. The summed E-state index contributed by atoms with van der Waals surface area (Å²) in [5, 5.41) is 8.15. The molecule has 0 spiro atoms. The third kappa shape index (κ3) is 4.30. The molecule has 3 N–H and O–H groups in total. The predicted octanol–water partition coefficient (Wildman–Crippen LogP) is 3.20. The number of rotatable bonds is 5. The molecule has 5 nitrogen and oxygen atoms in total. The normalized spacial score (nSPS) is 25.5. The SMILES string of the molecule is Cc1ccc(F)cc1NC(=O)CNC(=O)NC(C)C1CC2CCC1C2. The van der Waals surface area contributed by atoms with Crippen molar-refractivity contribution in [1.29, 1.82) is 0 Å². The van der Waals surface area contributed by atoms with Gasteiger partial charge in [0, 0.05) is 11.7 Å².